The summed E-state index contributed by atoms with van der Waals surface area (Å²) >= 11 is 0. The number of rotatable bonds is 10. The third kappa shape index (κ3) is 5.78. The summed E-state index contributed by atoms with van der Waals surface area (Å²) in [5, 5.41) is 25.3. The molecule has 0 aliphatic rings. The number of carbonyl (C=O) groups is 3. The molecule has 0 aliphatic carbocycles. The Kier molecular flexibility index (Phi) is 7.23. The highest BCUT2D eigenvalue weighted by Crippen LogP contribution is 2.27. The first-order chi connectivity index (χ1) is 17.7. The van der Waals surface area contributed by atoms with Crippen LogP contribution in [-0.2, 0) is 16.0 Å². The van der Waals surface area contributed by atoms with E-state index in [4.69, 9.17) is 16.6 Å². The number of nitrogens with one attached hydrogen (secondary N) is 2. The van der Waals surface area contributed by atoms with Crippen LogP contribution in [0, 0.1) is 0 Å². The number of aromatic nitrogens is 4. The van der Waals surface area contributed by atoms with Crippen molar-refractivity contribution in [2.75, 3.05) is 23.3 Å². The van der Waals surface area contributed by atoms with Crippen LogP contribution in [0.1, 0.15) is 28.9 Å². The van der Waals surface area contributed by atoms with Gasteiger partial charge >= 0.3 is 11.9 Å². The Bertz CT molecular complexity index is 1510. The molecule has 0 saturated heterocycles. The van der Waals surface area contributed by atoms with E-state index in [-0.39, 0.29) is 30.2 Å². The number of hydrogen-bond acceptors (Lipinski definition) is 10. The first kappa shape index (κ1) is 25.0. The molecule has 37 heavy (non-hydrogen) atoms. The van der Waals surface area contributed by atoms with Gasteiger partial charge in [0, 0.05) is 36.0 Å². The predicted octanol–water partition coefficient (Wildman–Crippen LogP) is 1.44. The highest BCUT2D eigenvalue weighted by molar-refractivity contribution is 6.11. The summed E-state index contributed by atoms with van der Waals surface area (Å²) < 4.78 is 0. The molecule has 1 atom stereocenters. The molecule has 190 valence electrons. The first-order valence-electron chi connectivity index (χ1n) is 11.3. The molecule has 13 nitrogen and oxygen atoms in total. The number of fused-ring (bicyclic) bond motifs is 2. The van der Waals surface area contributed by atoms with Crippen molar-refractivity contribution in [3.05, 3.63) is 53.9 Å². The summed E-state index contributed by atoms with van der Waals surface area (Å²) in [4.78, 5) is 51.8. The number of hydrogen-bond donors (Lipinski definition) is 6. The number of nitrogen functional groups attached to an aromatic ring is 2. The summed E-state index contributed by atoms with van der Waals surface area (Å²) in [6.07, 6.45) is 1.49. The maximum Gasteiger partial charge on any atom is 0.326 e. The Morgan fingerprint density at radius 2 is 1.73 bits per heavy atom. The van der Waals surface area contributed by atoms with Crippen molar-refractivity contribution < 1.29 is 24.6 Å². The van der Waals surface area contributed by atoms with E-state index in [0.29, 0.717) is 35.2 Å². The van der Waals surface area contributed by atoms with Gasteiger partial charge in [0.15, 0.2) is 17.0 Å². The van der Waals surface area contributed by atoms with Crippen molar-refractivity contribution in [1.82, 2.24) is 25.3 Å². The van der Waals surface area contributed by atoms with Crippen molar-refractivity contribution in [3.63, 3.8) is 0 Å². The molecule has 4 rings (SSSR count). The van der Waals surface area contributed by atoms with Crippen LogP contribution in [0.4, 0.5) is 17.5 Å². The van der Waals surface area contributed by atoms with Crippen LogP contribution >= 0.6 is 0 Å². The minimum atomic E-state index is -1.32. The molecule has 1 unspecified atom stereocenters. The Morgan fingerprint density at radius 3 is 2.46 bits per heavy atom. The molecular weight excluding hydrogens is 480 g/mol. The molecular formula is C24H24N8O5. The molecule has 0 saturated carbocycles. The molecule has 2 heterocycles. The number of carboxylic acids is 2. The van der Waals surface area contributed by atoms with E-state index in [1.165, 1.54) is 0 Å². The molecule has 2 aromatic carbocycles. The van der Waals surface area contributed by atoms with Crippen LogP contribution in [0.3, 0.4) is 0 Å². The molecule has 1 amide bonds. The van der Waals surface area contributed by atoms with Crippen molar-refractivity contribution in [2.24, 2.45) is 0 Å². The fourth-order valence-electron chi connectivity index (χ4n) is 3.84. The van der Waals surface area contributed by atoms with Crippen LogP contribution in [0.5, 0.6) is 0 Å². The lowest BCUT2D eigenvalue weighted by Crippen LogP contribution is -2.41. The van der Waals surface area contributed by atoms with Gasteiger partial charge in [0.2, 0.25) is 5.95 Å². The van der Waals surface area contributed by atoms with E-state index in [1.54, 1.807) is 30.5 Å². The number of carbonyl (C=O) groups excluding carboxylic acids is 1. The monoisotopic (exact) mass is 504 g/mol. The zero-order valence-corrected chi connectivity index (χ0v) is 19.5. The molecule has 0 fully saturated rings. The maximum atomic E-state index is 12.9. The number of aliphatic carboxylic acids is 2. The van der Waals surface area contributed by atoms with Gasteiger partial charge in [-0.1, -0.05) is 24.3 Å². The van der Waals surface area contributed by atoms with Crippen LogP contribution < -0.4 is 22.1 Å². The molecule has 8 N–H and O–H groups in total. The molecule has 2 aromatic heterocycles. The number of anilines is 3. The van der Waals surface area contributed by atoms with Gasteiger partial charge in [-0.05, 0) is 23.9 Å². The van der Waals surface area contributed by atoms with E-state index in [9.17, 15) is 19.5 Å². The second-order valence-electron chi connectivity index (χ2n) is 8.18. The highest BCUT2D eigenvalue weighted by atomic mass is 16.4. The quantitative estimate of drug-likeness (QED) is 0.181. The predicted molar refractivity (Wildman–Crippen MR) is 136 cm³/mol. The van der Waals surface area contributed by atoms with E-state index < -0.39 is 23.9 Å². The second kappa shape index (κ2) is 10.7. The molecule has 13 heteroatoms. The fourth-order valence-corrected chi connectivity index (χ4v) is 3.84. The van der Waals surface area contributed by atoms with Crippen molar-refractivity contribution >= 4 is 57.2 Å². The van der Waals surface area contributed by atoms with Gasteiger partial charge in [-0.25, -0.2) is 14.8 Å². The molecule has 0 bridgehead atoms. The average Bonchev–Trinajstić information content (AvgIpc) is 2.86. The van der Waals surface area contributed by atoms with E-state index >= 15 is 0 Å². The topological polar surface area (TPSA) is 219 Å². The van der Waals surface area contributed by atoms with Crippen LogP contribution in [0.15, 0.2) is 42.6 Å². The lowest BCUT2D eigenvalue weighted by atomic mass is 10.0. The van der Waals surface area contributed by atoms with E-state index in [1.807, 2.05) is 12.1 Å². The van der Waals surface area contributed by atoms with Gasteiger partial charge in [0.25, 0.3) is 5.91 Å². The van der Waals surface area contributed by atoms with Crippen LogP contribution in [0.2, 0.25) is 0 Å². The van der Waals surface area contributed by atoms with Gasteiger partial charge in [-0.15, -0.1) is 0 Å². The van der Waals surface area contributed by atoms with Crippen molar-refractivity contribution in [3.8, 4) is 0 Å². The van der Waals surface area contributed by atoms with Crippen molar-refractivity contribution in [1.29, 1.82) is 0 Å². The lowest BCUT2D eigenvalue weighted by Gasteiger charge is -2.16. The summed E-state index contributed by atoms with van der Waals surface area (Å²) in [6, 6.07) is 9.19. The summed E-state index contributed by atoms with van der Waals surface area (Å²) in [5.74, 6) is -2.87. The number of benzene rings is 2. The number of nitrogens with zero attached hydrogens (tertiary/aromatic N) is 4. The van der Waals surface area contributed by atoms with E-state index in [2.05, 4.69) is 30.6 Å². The minimum absolute atomic E-state index is 0.0245. The zero-order valence-electron chi connectivity index (χ0n) is 19.5. The van der Waals surface area contributed by atoms with Crippen LogP contribution in [0.25, 0.3) is 21.9 Å². The number of carboxylic acid groups (broad SMARTS) is 2. The average molecular weight is 505 g/mol. The summed E-state index contributed by atoms with van der Waals surface area (Å²) in [5.41, 5.74) is 13.9. The minimum Gasteiger partial charge on any atom is -0.481 e. The molecule has 0 aliphatic heterocycles. The Balaban J connectivity index is 1.50. The number of amides is 1. The van der Waals surface area contributed by atoms with Gasteiger partial charge in [0.1, 0.15) is 6.04 Å². The normalized spacial score (nSPS) is 11.8. The smallest absolute Gasteiger partial charge is 0.326 e. The molecule has 4 aromatic rings. The third-order valence-corrected chi connectivity index (χ3v) is 5.62. The SMILES string of the molecule is Nc1nc(N)c2nc(CCNc3ccc(C(=O)NC(CCC(=O)O)C(=O)O)c4ccccc34)cnc2n1. The third-order valence-electron chi connectivity index (χ3n) is 5.62. The van der Waals surface area contributed by atoms with Gasteiger partial charge < -0.3 is 32.3 Å². The van der Waals surface area contributed by atoms with Crippen LogP contribution in [-0.4, -0.2) is 60.6 Å². The molecule has 0 spiro atoms. The number of nitrogens with two attached hydrogens (primary N) is 2. The standard InChI is InChI=1S/C24H24N8O5/c25-20-19-21(32-24(26)31-20)28-11-12(29-19)9-10-27-16-6-5-15(13-3-1-2-4-14(13)16)22(35)30-17(23(36)37)7-8-18(33)34/h1-6,11,17,27H,7-10H2,(H,30,35)(H,33,34)(H,36,37)(H4,25,26,28,31,32). The van der Waals surface area contributed by atoms with Gasteiger partial charge in [0.05, 0.1) is 11.9 Å². The Morgan fingerprint density at radius 1 is 0.973 bits per heavy atom. The molecule has 0 radical (unpaired) electrons. The lowest BCUT2D eigenvalue weighted by molar-refractivity contribution is -0.140. The first-order valence-corrected chi connectivity index (χ1v) is 11.3. The van der Waals surface area contributed by atoms with Gasteiger partial charge in [-0.2, -0.15) is 9.97 Å². The Labute approximate surface area is 210 Å². The van der Waals surface area contributed by atoms with Gasteiger partial charge in [-0.3, -0.25) is 9.59 Å². The summed E-state index contributed by atoms with van der Waals surface area (Å²) in [6.45, 7) is 0.488. The largest absolute Gasteiger partial charge is 0.481 e. The van der Waals surface area contributed by atoms with E-state index in [0.717, 1.165) is 11.1 Å². The maximum absolute atomic E-state index is 12.9. The van der Waals surface area contributed by atoms with Crippen molar-refractivity contribution in [2.45, 2.75) is 25.3 Å². The fraction of sp³-hybridized carbons (Fsp3) is 0.208. The summed E-state index contributed by atoms with van der Waals surface area (Å²) in [7, 11) is 0. The Hall–Kier alpha value is -5.07. The highest BCUT2D eigenvalue weighted by Gasteiger charge is 2.23. The second-order valence-corrected chi connectivity index (χ2v) is 8.18. The zero-order chi connectivity index (χ0) is 26.5.